The largest absolute Gasteiger partial charge is 0.422 e. The molecule has 5 nitrogen and oxygen atoms in total. The summed E-state index contributed by atoms with van der Waals surface area (Å²) in [5.74, 6) is 0.0904. The van der Waals surface area contributed by atoms with E-state index >= 15 is 0 Å². The van der Waals surface area contributed by atoms with Crippen LogP contribution in [0.1, 0.15) is 30.6 Å². The van der Waals surface area contributed by atoms with E-state index in [0.717, 1.165) is 4.90 Å². The normalized spacial score (nSPS) is 17.4. The Hall–Kier alpha value is -2.17. The number of hydrogen-bond acceptors (Lipinski definition) is 4. The first kappa shape index (κ1) is 13.3. The molecule has 1 aliphatic heterocycles. The topological polar surface area (TPSA) is 63.7 Å². The Morgan fingerprint density at radius 1 is 1.32 bits per heavy atom. The van der Waals surface area contributed by atoms with Crippen molar-refractivity contribution >= 4 is 18.3 Å². The third kappa shape index (κ3) is 2.99. The third-order valence-electron chi connectivity index (χ3n) is 2.96. The minimum absolute atomic E-state index is 0.211. The zero-order valence-corrected chi connectivity index (χ0v) is 10.9. The van der Waals surface area contributed by atoms with E-state index < -0.39 is 6.09 Å². The van der Waals surface area contributed by atoms with Crippen molar-refractivity contribution < 1.29 is 19.1 Å². The SMILES string of the molecule is CC1(C)CC(=O)N(C(=O)Oc2ccc(C=O)cc2)C1. The van der Waals surface area contributed by atoms with Crippen LogP contribution in [0.25, 0.3) is 0 Å². The van der Waals surface area contributed by atoms with E-state index in [-0.39, 0.29) is 11.3 Å². The number of hydrogen-bond donors (Lipinski definition) is 0. The Morgan fingerprint density at radius 3 is 2.42 bits per heavy atom. The maximum absolute atomic E-state index is 11.9. The fourth-order valence-corrected chi connectivity index (χ4v) is 2.01. The van der Waals surface area contributed by atoms with E-state index in [9.17, 15) is 14.4 Å². The minimum atomic E-state index is -0.672. The molecule has 0 unspecified atom stereocenters. The fourth-order valence-electron chi connectivity index (χ4n) is 2.01. The smallest absolute Gasteiger partial charge is 0.410 e. The Labute approximate surface area is 111 Å². The lowest BCUT2D eigenvalue weighted by molar-refractivity contribution is -0.125. The zero-order chi connectivity index (χ0) is 14.0. The lowest BCUT2D eigenvalue weighted by atomic mass is 9.93. The molecule has 1 saturated heterocycles. The van der Waals surface area contributed by atoms with Crippen molar-refractivity contribution in [1.29, 1.82) is 0 Å². The van der Waals surface area contributed by atoms with Crippen LogP contribution >= 0.6 is 0 Å². The van der Waals surface area contributed by atoms with Gasteiger partial charge in [0.2, 0.25) is 5.91 Å². The van der Waals surface area contributed by atoms with Gasteiger partial charge in [0.15, 0.2) is 0 Å². The predicted octanol–water partition coefficient (Wildman–Crippen LogP) is 2.26. The molecule has 0 aliphatic carbocycles. The van der Waals surface area contributed by atoms with E-state index in [4.69, 9.17) is 4.74 Å². The molecule has 1 fully saturated rings. The number of carbonyl (C=O) groups excluding carboxylic acids is 3. The number of nitrogens with zero attached hydrogens (tertiary/aromatic N) is 1. The maximum atomic E-state index is 11.9. The van der Waals surface area contributed by atoms with Crippen LogP contribution in [0.3, 0.4) is 0 Å². The van der Waals surface area contributed by atoms with Gasteiger partial charge >= 0.3 is 6.09 Å². The monoisotopic (exact) mass is 261 g/mol. The number of ether oxygens (including phenoxy) is 1. The summed E-state index contributed by atoms with van der Waals surface area (Å²) < 4.78 is 5.11. The summed E-state index contributed by atoms with van der Waals surface area (Å²) in [6, 6.07) is 6.14. The van der Waals surface area contributed by atoms with E-state index in [1.807, 2.05) is 13.8 Å². The van der Waals surface area contributed by atoms with Gasteiger partial charge in [-0.3, -0.25) is 9.59 Å². The van der Waals surface area contributed by atoms with Crippen molar-refractivity contribution in [3.8, 4) is 5.75 Å². The van der Waals surface area contributed by atoms with Crippen LogP contribution in [0.4, 0.5) is 4.79 Å². The first-order chi connectivity index (χ1) is 8.91. The second-order valence-electron chi connectivity index (χ2n) is 5.38. The number of likely N-dealkylation sites (tertiary alicyclic amines) is 1. The molecule has 0 aromatic heterocycles. The van der Waals surface area contributed by atoms with Gasteiger partial charge in [-0.1, -0.05) is 13.8 Å². The van der Waals surface area contributed by atoms with Crippen LogP contribution in [0.5, 0.6) is 5.75 Å². The molecule has 0 spiro atoms. The highest BCUT2D eigenvalue weighted by molar-refractivity contribution is 5.94. The van der Waals surface area contributed by atoms with Crippen LogP contribution in [0.2, 0.25) is 0 Å². The summed E-state index contributed by atoms with van der Waals surface area (Å²) in [6.07, 6.45) is 0.374. The van der Waals surface area contributed by atoms with Crippen LogP contribution in [0, 0.1) is 5.41 Å². The number of imide groups is 1. The van der Waals surface area contributed by atoms with Crippen LogP contribution < -0.4 is 4.74 Å². The van der Waals surface area contributed by atoms with Gasteiger partial charge in [0.1, 0.15) is 12.0 Å². The first-order valence-corrected chi connectivity index (χ1v) is 5.99. The summed E-state index contributed by atoms with van der Waals surface area (Å²) in [5.41, 5.74) is 0.287. The molecular weight excluding hydrogens is 246 g/mol. The molecule has 1 aromatic rings. The molecule has 5 heteroatoms. The standard InChI is InChI=1S/C14H15NO4/c1-14(2)7-12(17)15(9-14)13(18)19-11-5-3-10(8-16)4-6-11/h3-6,8H,7,9H2,1-2H3. The molecule has 1 aromatic carbocycles. The van der Waals surface area contributed by atoms with Crippen molar-refractivity contribution in [2.45, 2.75) is 20.3 Å². The minimum Gasteiger partial charge on any atom is -0.410 e. The van der Waals surface area contributed by atoms with Gasteiger partial charge < -0.3 is 4.74 Å². The number of benzene rings is 1. The summed E-state index contributed by atoms with van der Waals surface area (Å²) >= 11 is 0. The van der Waals surface area contributed by atoms with Gasteiger partial charge in [-0.2, -0.15) is 0 Å². The molecule has 0 saturated carbocycles. The Morgan fingerprint density at radius 2 is 1.95 bits per heavy atom. The Balaban J connectivity index is 2.05. The van der Waals surface area contributed by atoms with Crippen molar-refractivity contribution in [3.05, 3.63) is 29.8 Å². The Bertz CT molecular complexity index is 519. The van der Waals surface area contributed by atoms with Gasteiger partial charge in [-0.05, 0) is 29.7 Å². The molecule has 0 N–H and O–H groups in total. The number of carbonyl (C=O) groups is 3. The molecule has 2 rings (SSSR count). The van der Waals surface area contributed by atoms with Gasteiger partial charge in [-0.15, -0.1) is 0 Å². The van der Waals surface area contributed by atoms with E-state index in [0.29, 0.717) is 30.6 Å². The summed E-state index contributed by atoms with van der Waals surface area (Å²) in [5, 5.41) is 0. The van der Waals surface area contributed by atoms with Gasteiger partial charge in [0.25, 0.3) is 0 Å². The van der Waals surface area contributed by atoms with E-state index in [1.165, 1.54) is 12.1 Å². The molecule has 0 bridgehead atoms. The number of rotatable bonds is 2. The number of aldehydes is 1. The third-order valence-corrected chi connectivity index (χ3v) is 2.96. The van der Waals surface area contributed by atoms with Crippen molar-refractivity contribution in [3.63, 3.8) is 0 Å². The lowest BCUT2D eigenvalue weighted by Gasteiger charge is -2.17. The highest BCUT2D eigenvalue weighted by atomic mass is 16.6. The maximum Gasteiger partial charge on any atom is 0.422 e. The summed E-state index contributed by atoms with van der Waals surface area (Å²) in [7, 11) is 0. The second-order valence-corrected chi connectivity index (χ2v) is 5.38. The van der Waals surface area contributed by atoms with Gasteiger partial charge in [-0.25, -0.2) is 9.69 Å². The highest BCUT2D eigenvalue weighted by Gasteiger charge is 2.40. The zero-order valence-electron chi connectivity index (χ0n) is 10.9. The molecular formula is C14H15NO4. The molecule has 2 amide bonds. The summed E-state index contributed by atoms with van der Waals surface area (Å²) in [6.45, 7) is 4.21. The molecule has 1 aliphatic rings. The van der Waals surface area contributed by atoms with E-state index in [1.54, 1.807) is 12.1 Å². The van der Waals surface area contributed by atoms with E-state index in [2.05, 4.69) is 0 Å². The van der Waals surface area contributed by atoms with Crippen molar-refractivity contribution in [1.82, 2.24) is 4.90 Å². The molecule has 100 valence electrons. The van der Waals surface area contributed by atoms with Gasteiger partial charge in [0.05, 0.1) is 0 Å². The van der Waals surface area contributed by atoms with Gasteiger partial charge in [0, 0.05) is 18.5 Å². The quantitative estimate of drug-likeness (QED) is 0.766. The Kier molecular flexibility index (Phi) is 3.38. The van der Waals surface area contributed by atoms with Crippen LogP contribution in [-0.2, 0) is 4.79 Å². The highest BCUT2D eigenvalue weighted by Crippen LogP contribution is 2.30. The van der Waals surface area contributed by atoms with Crippen LogP contribution in [0.15, 0.2) is 24.3 Å². The first-order valence-electron chi connectivity index (χ1n) is 5.99. The van der Waals surface area contributed by atoms with Crippen molar-refractivity contribution in [2.24, 2.45) is 5.41 Å². The lowest BCUT2D eigenvalue weighted by Crippen LogP contribution is -2.35. The van der Waals surface area contributed by atoms with Crippen LogP contribution in [-0.4, -0.2) is 29.7 Å². The second kappa shape index (κ2) is 4.84. The molecule has 1 heterocycles. The molecule has 0 radical (unpaired) electrons. The average molecular weight is 261 g/mol. The summed E-state index contributed by atoms with van der Waals surface area (Å²) in [4.78, 5) is 35.2. The van der Waals surface area contributed by atoms with Crippen molar-refractivity contribution in [2.75, 3.05) is 6.54 Å². The predicted molar refractivity (Wildman–Crippen MR) is 68.0 cm³/mol. The molecule has 0 atom stereocenters. The average Bonchev–Trinajstić information content (AvgIpc) is 2.64. The number of amides is 2. The fraction of sp³-hybridized carbons (Fsp3) is 0.357. The molecule has 19 heavy (non-hydrogen) atoms.